The van der Waals surface area contributed by atoms with Gasteiger partial charge in [-0.15, -0.1) is 0 Å². The molecule has 10 nitrogen and oxygen atoms in total. The molecule has 0 bridgehead atoms. The van der Waals surface area contributed by atoms with E-state index in [1.165, 1.54) is 41.7 Å². The van der Waals surface area contributed by atoms with E-state index in [9.17, 15) is 19.2 Å². The molecule has 0 aliphatic rings. The maximum Gasteiger partial charge on any atom is 0.336 e. The second-order valence-corrected chi connectivity index (χ2v) is 6.18. The van der Waals surface area contributed by atoms with Gasteiger partial charge in [0, 0.05) is 31.6 Å². The molecular weight excluding hydrogens is 368 g/mol. The van der Waals surface area contributed by atoms with Crippen LogP contribution in [0.2, 0.25) is 0 Å². The second kappa shape index (κ2) is 6.34. The Morgan fingerprint density at radius 3 is 2.64 bits per heavy atom. The lowest BCUT2D eigenvalue weighted by Gasteiger charge is -2.07. The molecule has 4 aromatic rings. The van der Waals surface area contributed by atoms with Gasteiger partial charge in [0.1, 0.15) is 17.9 Å². The summed E-state index contributed by atoms with van der Waals surface area (Å²) in [7, 11) is 2.84. The zero-order valence-corrected chi connectivity index (χ0v) is 14.9. The monoisotopic (exact) mass is 382 g/mol. The molecular formula is C18H14N4O6. The van der Waals surface area contributed by atoms with Crippen molar-refractivity contribution in [1.82, 2.24) is 18.7 Å². The summed E-state index contributed by atoms with van der Waals surface area (Å²) in [4.78, 5) is 52.1. The number of benzene rings is 1. The quantitative estimate of drug-likeness (QED) is 0.281. The number of esters is 1. The summed E-state index contributed by atoms with van der Waals surface area (Å²) in [5.74, 6) is -0.468. The highest BCUT2D eigenvalue weighted by atomic mass is 16.5. The first-order valence-electron chi connectivity index (χ1n) is 8.20. The zero-order valence-electron chi connectivity index (χ0n) is 14.9. The van der Waals surface area contributed by atoms with Gasteiger partial charge in [0.15, 0.2) is 11.2 Å². The molecule has 0 amide bonds. The van der Waals surface area contributed by atoms with Crippen molar-refractivity contribution < 1.29 is 13.9 Å². The van der Waals surface area contributed by atoms with Crippen LogP contribution in [0.5, 0.6) is 5.75 Å². The number of aromatic nitrogens is 4. The lowest BCUT2D eigenvalue weighted by Crippen LogP contribution is -2.37. The Kier molecular flexibility index (Phi) is 3.95. The fourth-order valence-corrected chi connectivity index (χ4v) is 2.92. The largest absolute Gasteiger partial charge is 0.425 e. The molecule has 1 aromatic carbocycles. The lowest BCUT2D eigenvalue weighted by atomic mass is 10.2. The van der Waals surface area contributed by atoms with Crippen LogP contribution in [0.4, 0.5) is 0 Å². The fraction of sp³-hybridized carbons (Fsp3) is 0.167. The van der Waals surface area contributed by atoms with Crippen LogP contribution in [0.1, 0.15) is 0 Å². The zero-order chi connectivity index (χ0) is 20.0. The first kappa shape index (κ1) is 17.5. The Morgan fingerprint density at radius 2 is 1.86 bits per heavy atom. The Bertz CT molecular complexity index is 1420. The number of fused-ring (bicyclic) bond motifs is 2. The first-order valence-corrected chi connectivity index (χ1v) is 8.20. The molecule has 0 saturated heterocycles. The summed E-state index contributed by atoms with van der Waals surface area (Å²) in [6, 6.07) is 7.55. The molecule has 0 aliphatic heterocycles. The Balaban J connectivity index is 1.65. The summed E-state index contributed by atoms with van der Waals surface area (Å²) in [5.41, 5.74) is -1.00. The van der Waals surface area contributed by atoms with E-state index in [-0.39, 0.29) is 29.0 Å². The van der Waals surface area contributed by atoms with Gasteiger partial charge in [-0.25, -0.2) is 19.4 Å². The number of aryl methyl sites for hydroxylation is 1. The standard InChI is InChI=1S/C18H14N4O6/c1-20-16-15(17(25)21(2)18(20)26)22(9-19-16)8-14(24)27-11-5-3-10-4-6-13(23)28-12(10)7-11/h3-7,9H,8H2,1-2H3. The minimum Gasteiger partial charge on any atom is -0.425 e. The summed E-state index contributed by atoms with van der Waals surface area (Å²) in [5, 5.41) is 0.685. The highest BCUT2D eigenvalue weighted by molar-refractivity contribution is 5.80. The van der Waals surface area contributed by atoms with Crippen molar-refractivity contribution in [2.45, 2.75) is 6.54 Å². The molecule has 142 valence electrons. The van der Waals surface area contributed by atoms with Gasteiger partial charge in [-0.2, -0.15) is 0 Å². The number of hydrogen-bond donors (Lipinski definition) is 0. The molecule has 0 aliphatic carbocycles. The third-order valence-electron chi connectivity index (χ3n) is 4.34. The minimum atomic E-state index is -0.659. The molecule has 0 unspecified atom stereocenters. The maximum atomic E-state index is 12.4. The van der Waals surface area contributed by atoms with Crippen LogP contribution in [0.3, 0.4) is 0 Å². The van der Waals surface area contributed by atoms with E-state index in [2.05, 4.69) is 4.98 Å². The summed E-state index contributed by atoms with van der Waals surface area (Å²) in [6.07, 6.45) is 1.30. The Morgan fingerprint density at radius 1 is 1.11 bits per heavy atom. The molecule has 3 aromatic heterocycles. The number of imidazole rings is 1. The minimum absolute atomic E-state index is 0.117. The third-order valence-corrected chi connectivity index (χ3v) is 4.34. The number of hydrogen-bond acceptors (Lipinski definition) is 7. The molecule has 0 N–H and O–H groups in total. The van der Waals surface area contributed by atoms with E-state index in [1.807, 2.05) is 0 Å². The van der Waals surface area contributed by atoms with Crippen molar-refractivity contribution in [3.63, 3.8) is 0 Å². The predicted octanol–water partition coefficient (Wildman–Crippen LogP) is 0.146. The summed E-state index contributed by atoms with van der Waals surface area (Å²) < 4.78 is 13.8. The average molecular weight is 382 g/mol. The van der Waals surface area contributed by atoms with E-state index in [4.69, 9.17) is 9.15 Å². The van der Waals surface area contributed by atoms with E-state index in [0.717, 1.165) is 4.57 Å². The predicted molar refractivity (Wildman–Crippen MR) is 98.3 cm³/mol. The van der Waals surface area contributed by atoms with Crippen molar-refractivity contribution in [3.8, 4) is 5.75 Å². The number of nitrogens with zero attached hydrogens (tertiary/aromatic N) is 4. The van der Waals surface area contributed by atoms with Crippen LogP contribution in [0.15, 0.2) is 55.5 Å². The van der Waals surface area contributed by atoms with Crippen LogP contribution >= 0.6 is 0 Å². The van der Waals surface area contributed by atoms with E-state index < -0.39 is 22.8 Å². The number of carbonyl (C=O) groups is 1. The summed E-state index contributed by atoms with van der Waals surface area (Å²) in [6.45, 7) is -0.291. The van der Waals surface area contributed by atoms with E-state index in [1.54, 1.807) is 18.2 Å². The van der Waals surface area contributed by atoms with Gasteiger partial charge in [0.05, 0.1) is 6.33 Å². The van der Waals surface area contributed by atoms with Gasteiger partial charge < -0.3 is 13.7 Å². The van der Waals surface area contributed by atoms with Crippen LogP contribution in [0.25, 0.3) is 22.1 Å². The number of rotatable bonds is 3. The van der Waals surface area contributed by atoms with Gasteiger partial charge in [-0.1, -0.05) is 0 Å². The van der Waals surface area contributed by atoms with Crippen molar-refractivity contribution in [2.75, 3.05) is 0 Å². The molecule has 0 spiro atoms. The molecule has 0 radical (unpaired) electrons. The van der Waals surface area contributed by atoms with Crippen LogP contribution in [-0.2, 0) is 25.4 Å². The normalized spacial score (nSPS) is 11.2. The molecule has 4 rings (SSSR count). The SMILES string of the molecule is Cn1c(=O)c2c(ncn2CC(=O)Oc2ccc3ccc(=O)oc3c2)n(C)c1=O. The summed E-state index contributed by atoms with van der Waals surface area (Å²) >= 11 is 0. The van der Waals surface area contributed by atoms with Crippen LogP contribution in [0, 0.1) is 0 Å². The highest BCUT2D eigenvalue weighted by Gasteiger charge is 2.17. The van der Waals surface area contributed by atoms with Crippen molar-refractivity contribution in [1.29, 1.82) is 0 Å². The Hall–Kier alpha value is -3.95. The number of carbonyl (C=O) groups excluding carboxylic acids is 1. The number of ether oxygens (including phenoxy) is 1. The highest BCUT2D eigenvalue weighted by Crippen LogP contribution is 2.19. The molecule has 0 fully saturated rings. The topological polar surface area (TPSA) is 118 Å². The fourth-order valence-electron chi connectivity index (χ4n) is 2.92. The first-order chi connectivity index (χ1) is 13.3. The van der Waals surface area contributed by atoms with Gasteiger partial charge in [0.2, 0.25) is 0 Å². The third kappa shape index (κ3) is 2.80. The molecule has 0 atom stereocenters. The van der Waals surface area contributed by atoms with Gasteiger partial charge in [-0.05, 0) is 18.2 Å². The Labute approximate surface area is 155 Å². The van der Waals surface area contributed by atoms with Gasteiger partial charge in [0.25, 0.3) is 5.56 Å². The van der Waals surface area contributed by atoms with Crippen LogP contribution in [-0.4, -0.2) is 24.7 Å². The van der Waals surface area contributed by atoms with Crippen LogP contribution < -0.4 is 21.6 Å². The van der Waals surface area contributed by atoms with E-state index >= 15 is 0 Å². The maximum absolute atomic E-state index is 12.4. The van der Waals surface area contributed by atoms with Gasteiger partial charge >= 0.3 is 17.3 Å². The smallest absolute Gasteiger partial charge is 0.336 e. The molecule has 0 saturated carbocycles. The molecule has 28 heavy (non-hydrogen) atoms. The molecule has 3 heterocycles. The van der Waals surface area contributed by atoms with Crippen molar-refractivity contribution in [3.05, 3.63) is 67.9 Å². The lowest BCUT2D eigenvalue weighted by molar-refractivity contribution is -0.134. The van der Waals surface area contributed by atoms with Gasteiger partial charge in [-0.3, -0.25) is 13.9 Å². The second-order valence-electron chi connectivity index (χ2n) is 6.18. The van der Waals surface area contributed by atoms with Crippen molar-refractivity contribution in [2.24, 2.45) is 14.1 Å². The molecule has 10 heteroatoms. The average Bonchev–Trinajstić information content (AvgIpc) is 3.07. The van der Waals surface area contributed by atoms with E-state index in [0.29, 0.717) is 5.39 Å². The van der Waals surface area contributed by atoms with Crippen molar-refractivity contribution >= 4 is 28.1 Å².